The Kier molecular flexibility index (Phi) is 6.59. The zero-order valence-electron chi connectivity index (χ0n) is 26.5. The van der Waals surface area contributed by atoms with Gasteiger partial charge in [-0.25, -0.2) is 9.37 Å². The molecule has 0 aliphatic carbocycles. The maximum Gasteiger partial charge on any atom is 2.00 e. The summed E-state index contributed by atoms with van der Waals surface area (Å²) in [5.74, 6) is 0.776. The summed E-state index contributed by atoms with van der Waals surface area (Å²) in [6.07, 6.45) is 4.04. The third-order valence-corrected chi connectivity index (χ3v) is 9.97. The number of hydrogen-bond donors (Lipinski definition) is 0. The molecule has 9 aromatic rings. The van der Waals surface area contributed by atoms with Crippen LogP contribution in [0.3, 0.4) is 0 Å². The summed E-state index contributed by atoms with van der Waals surface area (Å²) in [4.78, 5) is 11.6. The van der Waals surface area contributed by atoms with Gasteiger partial charge in [0.2, 0.25) is 0 Å². The van der Waals surface area contributed by atoms with Gasteiger partial charge in [-0.3, -0.25) is 4.98 Å². The summed E-state index contributed by atoms with van der Waals surface area (Å²) in [6, 6.07) is 41.0. The van der Waals surface area contributed by atoms with Crippen LogP contribution in [0.15, 0.2) is 126 Å². The second kappa shape index (κ2) is 10.8. The number of alkyl halides is 1. The average Bonchev–Trinajstić information content (AvgIpc) is 3.78. The van der Waals surface area contributed by atoms with Crippen LogP contribution in [-0.2, 0) is 26.5 Å². The van der Waals surface area contributed by atoms with Crippen molar-refractivity contribution in [1.82, 2.24) is 14.4 Å². The van der Waals surface area contributed by atoms with E-state index in [0.717, 1.165) is 71.9 Å². The van der Waals surface area contributed by atoms with E-state index >= 15 is 4.39 Å². The molecular weight excluding hydrogens is 791 g/mol. The Morgan fingerprint density at radius 1 is 0.714 bits per heavy atom. The van der Waals surface area contributed by atoms with Crippen LogP contribution in [0.25, 0.3) is 49.3 Å². The standard InChI is InChI=1S/C42H27FN4O.Pt/c1-42(2)33-19-18-31-30-12-4-6-15-36(30)48-39(31)38(33)47(41-34(42)13-8-20-44-41)27-10-7-9-25(23-27)37(43)26-16-17-28-29-11-3-5-14-35(29)46-22-21-45-40(46)32(28)24-26;/h3-22,37H,1-2H3;/q-2;+2. The summed E-state index contributed by atoms with van der Waals surface area (Å²) in [7, 11) is 0. The first-order valence-electron chi connectivity index (χ1n) is 16.1. The fourth-order valence-corrected chi connectivity index (χ4v) is 7.62. The van der Waals surface area contributed by atoms with Crippen molar-refractivity contribution in [3.63, 3.8) is 0 Å². The van der Waals surface area contributed by atoms with Crippen LogP contribution in [0.4, 0.5) is 21.6 Å². The largest absolute Gasteiger partial charge is 2.00 e. The smallest absolute Gasteiger partial charge is 0.454 e. The molecule has 5 aromatic carbocycles. The number of imidazole rings is 1. The molecule has 5 nitrogen and oxygen atoms in total. The number of nitrogens with zero attached hydrogens (tertiary/aromatic N) is 4. The van der Waals surface area contributed by atoms with Gasteiger partial charge in [-0.15, -0.1) is 29.8 Å². The van der Waals surface area contributed by atoms with Crippen molar-refractivity contribution in [3.8, 4) is 0 Å². The second-order valence-corrected chi connectivity index (χ2v) is 13.0. The molecule has 0 saturated heterocycles. The molecule has 10 rings (SSSR count). The first kappa shape index (κ1) is 29.8. The van der Waals surface area contributed by atoms with Crippen LogP contribution in [0.2, 0.25) is 0 Å². The van der Waals surface area contributed by atoms with Crippen LogP contribution in [-0.4, -0.2) is 14.4 Å². The molecule has 238 valence electrons. The van der Waals surface area contributed by atoms with E-state index < -0.39 is 6.17 Å². The number of furan rings is 1. The quantitative estimate of drug-likeness (QED) is 0.132. The molecule has 0 bridgehead atoms. The number of para-hydroxylation sites is 2. The molecule has 0 spiro atoms. The summed E-state index contributed by atoms with van der Waals surface area (Å²) < 4.78 is 25.4. The first-order chi connectivity index (χ1) is 23.5. The third-order valence-electron chi connectivity index (χ3n) is 9.97. The molecule has 1 atom stereocenters. The number of fused-ring (bicyclic) bond motifs is 12. The molecule has 0 saturated carbocycles. The molecule has 5 heterocycles. The van der Waals surface area contributed by atoms with Gasteiger partial charge in [-0.05, 0) is 29.1 Å². The number of benzene rings is 5. The van der Waals surface area contributed by atoms with Crippen molar-refractivity contribution >= 4 is 66.5 Å². The normalized spacial score (nSPS) is 14.3. The molecule has 7 heteroatoms. The Morgan fingerprint density at radius 3 is 2.41 bits per heavy atom. The molecular formula is C42H27FN4OPt. The van der Waals surface area contributed by atoms with Crippen molar-refractivity contribution in [1.29, 1.82) is 0 Å². The van der Waals surface area contributed by atoms with Crippen LogP contribution in [0.1, 0.15) is 42.3 Å². The number of pyridine rings is 2. The van der Waals surface area contributed by atoms with E-state index in [1.54, 1.807) is 18.5 Å². The zero-order chi connectivity index (χ0) is 32.1. The summed E-state index contributed by atoms with van der Waals surface area (Å²) >= 11 is 0. The van der Waals surface area contributed by atoms with E-state index in [0.29, 0.717) is 16.8 Å². The minimum Gasteiger partial charge on any atom is -0.454 e. The van der Waals surface area contributed by atoms with Gasteiger partial charge in [0.15, 0.2) is 5.58 Å². The molecule has 1 unspecified atom stereocenters. The van der Waals surface area contributed by atoms with E-state index in [2.05, 4.69) is 72.3 Å². The van der Waals surface area contributed by atoms with E-state index in [4.69, 9.17) is 9.40 Å². The van der Waals surface area contributed by atoms with Gasteiger partial charge in [0.25, 0.3) is 0 Å². The molecule has 1 aliphatic heterocycles. The molecule has 4 aromatic heterocycles. The van der Waals surface area contributed by atoms with Crippen LogP contribution < -0.4 is 4.90 Å². The Hall–Kier alpha value is -5.32. The minimum absolute atomic E-state index is 0. The van der Waals surface area contributed by atoms with Gasteiger partial charge >= 0.3 is 21.1 Å². The molecule has 0 amide bonds. The van der Waals surface area contributed by atoms with Gasteiger partial charge in [0, 0.05) is 45.9 Å². The number of halogens is 1. The molecule has 49 heavy (non-hydrogen) atoms. The Labute approximate surface area is 295 Å². The van der Waals surface area contributed by atoms with Gasteiger partial charge in [0.1, 0.15) is 17.6 Å². The number of aromatic nitrogens is 3. The van der Waals surface area contributed by atoms with Crippen LogP contribution in [0.5, 0.6) is 0 Å². The summed E-state index contributed by atoms with van der Waals surface area (Å²) in [5, 5.41) is 4.91. The Bertz CT molecular complexity index is 2760. The van der Waals surface area contributed by atoms with E-state index in [1.807, 2.05) is 71.3 Å². The topological polar surface area (TPSA) is 46.6 Å². The second-order valence-electron chi connectivity index (χ2n) is 13.0. The molecule has 0 N–H and O–H groups in total. The third kappa shape index (κ3) is 4.20. The van der Waals surface area contributed by atoms with E-state index in [9.17, 15) is 0 Å². The Morgan fingerprint density at radius 2 is 1.51 bits per heavy atom. The van der Waals surface area contributed by atoms with E-state index in [-0.39, 0.29) is 26.5 Å². The van der Waals surface area contributed by atoms with Gasteiger partial charge < -0.3 is 13.7 Å². The van der Waals surface area contributed by atoms with Crippen LogP contribution in [0, 0.1) is 12.1 Å². The maximum atomic E-state index is 16.7. The van der Waals surface area contributed by atoms with Crippen molar-refractivity contribution in [2.45, 2.75) is 25.4 Å². The van der Waals surface area contributed by atoms with Crippen molar-refractivity contribution in [2.24, 2.45) is 0 Å². The molecule has 1 aliphatic rings. The van der Waals surface area contributed by atoms with Gasteiger partial charge in [-0.2, -0.15) is 18.2 Å². The summed E-state index contributed by atoms with van der Waals surface area (Å²) in [5.41, 5.74) is 7.62. The summed E-state index contributed by atoms with van der Waals surface area (Å²) in [6.45, 7) is 4.43. The fraction of sp³-hybridized carbons (Fsp3) is 0.0952. The minimum atomic E-state index is -1.47. The number of rotatable bonds is 3. The zero-order valence-corrected chi connectivity index (χ0v) is 28.8. The Balaban J connectivity index is 0.00000325. The van der Waals surface area contributed by atoms with Crippen molar-refractivity contribution in [3.05, 3.63) is 156 Å². The first-order valence-corrected chi connectivity index (χ1v) is 16.1. The number of anilines is 3. The monoisotopic (exact) mass is 817 g/mol. The van der Waals surface area contributed by atoms with Gasteiger partial charge in [0.05, 0.1) is 11.3 Å². The van der Waals surface area contributed by atoms with Crippen molar-refractivity contribution < 1.29 is 29.9 Å². The average molecular weight is 818 g/mol. The molecule has 0 radical (unpaired) electrons. The van der Waals surface area contributed by atoms with E-state index in [1.165, 1.54) is 0 Å². The van der Waals surface area contributed by atoms with Crippen LogP contribution >= 0.6 is 0 Å². The predicted molar refractivity (Wildman–Crippen MR) is 189 cm³/mol. The van der Waals surface area contributed by atoms with Crippen molar-refractivity contribution in [2.75, 3.05) is 4.90 Å². The number of hydrogen-bond acceptors (Lipinski definition) is 4. The fourth-order valence-electron chi connectivity index (χ4n) is 7.62. The van der Waals surface area contributed by atoms with Gasteiger partial charge in [-0.1, -0.05) is 90.5 Å². The molecule has 0 fully saturated rings. The predicted octanol–water partition coefficient (Wildman–Crippen LogP) is 10.7. The SMILES string of the molecule is CC1(C)c2cccnc2N(c2[c-]c(C(F)c3[c-]c4c(cc3)c3ccccc3n3ccnc43)ccc2)c2c1ccc1c2oc2ccccc21.[Pt+2]. The maximum absolute atomic E-state index is 16.7.